The van der Waals surface area contributed by atoms with Gasteiger partial charge in [0.25, 0.3) is 4.96 Å². The number of imidazole rings is 1. The summed E-state index contributed by atoms with van der Waals surface area (Å²) in [4.78, 5) is 33.1. The molecule has 0 aliphatic carbocycles. The van der Waals surface area contributed by atoms with Crippen LogP contribution in [0.4, 0.5) is 11.6 Å². The first-order valence-electron chi connectivity index (χ1n) is 9.09. The lowest BCUT2D eigenvalue weighted by atomic mass is 9.83. The summed E-state index contributed by atoms with van der Waals surface area (Å²) < 4.78 is 1.51. The zero-order valence-electron chi connectivity index (χ0n) is 15.7. The molecule has 0 spiro atoms. The maximum absolute atomic E-state index is 13.1. The van der Waals surface area contributed by atoms with Crippen LogP contribution in [0, 0.1) is 10.1 Å². The fourth-order valence-electron chi connectivity index (χ4n) is 3.64. The summed E-state index contributed by atoms with van der Waals surface area (Å²) >= 11 is 1.37. The van der Waals surface area contributed by atoms with Crippen LogP contribution in [-0.4, -0.2) is 51.3 Å². The molecule has 0 atom stereocenters. The highest BCUT2D eigenvalue weighted by Crippen LogP contribution is 2.32. The van der Waals surface area contributed by atoms with Crippen LogP contribution in [0.25, 0.3) is 4.96 Å². The first-order valence-corrected chi connectivity index (χ1v) is 9.97. The van der Waals surface area contributed by atoms with Crippen molar-refractivity contribution in [3.05, 3.63) is 57.6 Å². The summed E-state index contributed by atoms with van der Waals surface area (Å²) in [6.07, 6.45) is 1.66. The van der Waals surface area contributed by atoms with Gasteiger partial charge in [0.05, 0.1) is 5.41 Å². The first kappa shape index (κ1) is 18.4. The topological polar surface area (TPSA) is 84.0 Å². The van der Waals surface area contributed by atoms with Crippen LogP contribution in [0.2, 0.25) is 0 Å². The molecule has 0 N–H and O–H groups in total. The maximum Gasteiger partial charge on any atom is 0.373 e. The fraction of sp³-hybridized carbons (Fsp3) is 0.368. The molecule has 3 heterocycles. The van der Waals surface area contributed by atoms with Gasteiger partial charge in [-0.15, -0.1) is 0 Å². The molecule has 9 heteroatoms. The number of aromatic nitrogens is 2. The number of nitrogens with zero attached hydrogens (tertiary/aromatic N) is 5. The van der Waals surface area contributed by atoms with Gasteiger partial charge in [-0.2, -0.15) is 9.38 Å². The molecule has 8 nitrogen and oxygen atoms in total. The van der Waals surface area contributed by atoms with E-state index in [9.17, 15) is 14.9 Å². The average molecular weight is 399 g/mol. The predicted molar refractivity (Wildman–Crippen MR) is 108 cm³/mol. The Morgan fingerprint density at radius 1 is 1.18 bits per heavy atom. The molecule has 2 aromatic heterocycles. The number of hydrogen-bond acceptors (Lipinski definition) is 6. The molecule has 0 saturated carbocycles. The summed E-state index contributed by atoms with van der Waals surface area (Å²) in [7, 11) is 0. The van der Waals surface area contributed by atoms with Crippen LogP contribution in [-0.2, 0) is 10.2 Å². The molecular weight excluding hydrogens is 378 g/mol. The highest BCUT2D eigenvalue weighted by Gasteiger charge is 2.36. The van der Waals surface area contributed by atoms with E-state index in [0.29, 0.717) is 37.0 Å². The van der Waals surface area contributed by atoms with E-state index >= 15 is 0 Å². The summed E-state index contributed by atoms with van der Waals surface area (Å²) in [5.74, 6) is 0.436. The normalized spacial score (nSPS) is 15.2. The number of nitro groups is 1. The van der Waals surface area contributed by atoms with Crippen molar-refractivity contribution < 1.29 is 9.72 Å². The minimum Gasteiger partial charge on any atom is -0.358 e. The van der Waals surface area contributed by atoms with E-state index in [4.69, 9.17) is 0 Å². The van der Waals surface area contributed by atoms with Gasteiger partial charge in [0.1, 0.15) is 6.20 Å². The van der Waals surface area contributed by atoms with Crippen LogP contribution in [0.5, 0.6) is 0 Å². The van der Waals surface area contributed by atoms with E-state index in [0.717, 1.165) is 5.56 Å². The number of rotatable bonds is 4. The zero-order chi connectivity index (χ0) is 19.9. The number of fused-ring (bicyclic) bond motifs is 1. The van der Waals surface area contributed by atoms with Crippen LogP contribution in [0.3, 0.4) is 0 Å². The van der Waals surface area contributed by atoms with E-state index < -0.39 is 10.3 Å². The molecule has 1 fully saturated rings. The van der Waals surface area contributed by atoms with E-state index in [-0.39, 0.29) is 11.7 Å². The third-order valence-electron chi connectivity index (χ3n) is 5.29. The van der Waals surface area contributed by atoms with Gasteiger partial charge < -0.3 is 19.9 Å². The molecule has 1 amide bonds. The molecule has 1 aromatic carbocycles. The van der Waals surface area contributed by atoms with Crippen LogP contribution >= 0.6 is 11.3 Å². The van der Waals surface area contributed by atoms with Gasteiger partial charge in [0.2, 0.25) is 11.7 Å². The summed E-state index contributed by atoms with van der Waals surface area (Å²) in [5.41, 5.74) is 0.360. The minimum atomic E-state index is -0.619. The van der Waals surface area contributed by atoms with Gasteiger partial charge in [0, 0.05) is 31.6 Å². The Balaban J connectivity index is 1.51. The lowest BCUT2D eigenvalue weighted by Gasteiger charge is -2.38. The number of carbonyl (C=O) groups is 1. The number of benzene rings is 1. The first-order chi connectivity index (χ1) is 13.4. The number of thiazole rings is 1. The van der Waals surface area contributed by atoms with Crippen molar-refractivity contribution in [3.8, 4) is 0 Å². The van der Waals surface area contributed by atoms with Gasteiger partial charge in [-0.1, -0.05) is 41.7 Å². The largest absolute Gasteiger partial charge is 0.373 e. The smallest absolute Gasteiger partial charge is 0.358 e. The number of amides is 1. The van der Waals surface area contributed by atoms with E-state index in [1.807, 2.05) is 54.0 Å². The second-order valence-electron chi connectivity index (χ2n) is 7.34. The SMILES string of the molecule is CC(C)(C(=O)N1CCN(c2nc3sccn3c2[N+](=O)[O-])CC1)c1ccccc1. The van der Waals surface area contributed by atoms with Crippen LogP contribution in [0.1, 0.15) is 19.4 Å². The van der Waals surface area contributed by atoms with Gasteiger partial charge in [-0.3, -0.25) is 4.79 Å². The van der Waals surface area contributed by atoms with Crippen molar-refractivity contribution in [2.75, 3.05) is 31.1 Å². The predicted octanol–water partition coefficient (Wildman–Crippen LogP) is 2.93. The van der Waals surface area contributed by atoms with Crippen LogP contribution in [0.15, 0.2) is 41.9 Å². The molecular formula is C19H21N5O3S. The van der Waals surface area contributed by atoms with Crippen molar-refractivity contribution >= 4 is 33.8 Å². The molecule has 146 valence electrons. The number of hydrogen-bond donors (Lipinski definition) is 0. The highest BCUT2D eigenvalue weighted by atomic mass is 32.1. The molecule has 0 radical (unpaired) electrons. The second-order valence-corrected chi connectivity index (χ2v) is 8.21. The molecule has 1 aliphatic rings. The minimum absolute atomic E-state index is 0.0133. The van der Waals surface area contributed by atoms with E-state index in [2.05, 4.69) is 4.98 Å². The van der Waals surface area contributed by atoms with Crippen molar-refractivity contribution in [2.45, 2.75) is 19.3 Å². The lowest BCUT2D eigenvalue weighted by Crippen LogP contribution is -2.53. The molecule has 4 rings (SSSR count). The lowest BCUT2D eigenvalue weighted by molar-refractivity contribution is -0.389. The zero-order valence-corrected chi connectivity index (χ0v) is 16.6. The number of anilines is 1. The Bertz CT molecular complexity index is 1020. The number of piperazine rings is 1. The quantitative estimate of drug-likeness (QED) is 0.497. The van der Waals surface area contributed by atoms with Crippen molar-refractivity contribution in [1.82, 2.24) is 14.3 Å². The Kier molecular flexibility index (Phi) is 4.54. The van der Waals surface area contributed by atoms with E-state index in [1.54, 1.807) is 11.6 Å². The molecule has 1 saturated heterocycles. The van der Waals surface area contributed by atoms with Gasteiger partial charge in [-0.25, -0.2) is 0 Å². The standard InChI is InChI=1S/C19H21N5O3S/c1-19(2,14-6-4-3-5-7-14)17(25)22-10-8-21(9-11-22)15-16(24(26)27)23-12-13-28-18(23)20-15/h3-7,12-13H,8-11H2,1-2H3. The van der Waals surface area contributed by atoms with E-state index in [1.165, 1.54) is 15.7 Å². The van der Waals surface area contributed by atoms with Gasteiger partial charge >= 0.3 is 5.82 Å². The second kappa shape index (κ2) is 6.90. The van der Waals surface area contributed by atoms with Gasteiger partial charge in [-0.05, 0) is 24.3 Å². The Morgan fingerprint density at radius 3 is 2.50 bits per heavy atom. The average Bonchev–Trinajstić information content (AvgIpc) is 3.29. The summed E-state index contributed by atoms with van der Waals surface area (Å²) in [6.45, 7) is 5.93. The van der Waals surface area contributed by atoms with Crippen molar-refractivity contribution in [2.24, 2.45) is 0 Å². The monoisotopic (exact) mass is 399 g/mol. The summed E-state index contributed by atoms with van der Waals surface area (Å²) in [6, 6.07) is 9.74. The summed E-state index contributed by atoms with van der Waals surface area (Å²) in [5, 5.41) is 13.3. The van der Waals surface area contributed by atoms with Crippen LogP contribution < -0.4 is 4.90 Å². The molecule has 0 bridgehead atoms. The Labute approximate surface area is 166 Å². The van der Waals surface area contributed by atoms with Crippen molar-refractivity contribution in [3.63, 3.8) is 0 Å². The fourth-order valence-corrected chi connectivity index (χ4v) is 4.34. The Morgan fingerprint density at radius 2 is 1.86 bits per heavy atom. The molecule has 28 heavy (non-hydrogen) atoms. The third kappa shape index (κ3) is 3.01. The molecule has 0 unspecified atom stereocenters. The number of carbonyl (C=O) groups excluding carboxylic acids is 1. The third-order valence-corrected chi connectivity index (χ3v) is 6.05. The molecule has 1 aliphatic heterocycles. The highest BCUT2D eigenvalue weighted by molar-refractivity contribution is 7.15. The maximum atomic E-state index is 13.1. The molecule has 3 aromatic rings. The van der Waals surface area contributed by atoms with Crippen molar-refractivity contribution in [1.29, 1.82) is 0 Å². The van der Waals surface area contributed by atoms with Gasteiger partial charge in [0.15, 0.2) is 0 Å². The Hall–Kier alpha value is -2.94.